The normalized spacial score (nSPS) is 12.8. The standard InChI is InChI=1S/C13H15FN2O3/c1-2-19-7-9(17)6-16-8-15-11-5-3-4-10(14)12(11)13(16)18/h3-5,8-9,17H,2,6-7H2,1H3. The summed E-state index contributed by atoms with van der Waals surface area (Å²) in [6.07, 6.45) is 0.475. The van der Waals surface area contributed by atoms with Crippen molar-refractivity contribution >= 4 is 10.9 Å². The molecule has 1 unspecified atom stereocenters. The summed E-state index contributed by atoms with van der Waals surface area (Å²) < 4.78 is 19.9. The van der Waals surface area contributed by atoms with E-state index in [2.05, 4.69) is 4.98 Å². The smallest absolute Gasteiger partial charge is 0.264 e. The van der Waals surface area contributed by atoms with Crippen LogP contribution in [0.3, 0.4) is 0 Å². The van der Waals surface area contributed by atoms with Crippen molar-refractivity contribution < 1.29 is 14.2 Å². The lowest BCUT2D eigenvalue weighted by Gasteiger charge is -2.12. The Bertz CT molecular complexity index is 627. The summed E-state index contributed by atoms with van der Waals surface area (Å²) in [7, 11) is 0. The van der Waals surface area contributed by atoms with E-state index in [4.69, 9.17) is 4.74 Å². The van der Waals surface area contributed by atoms with Gasteiger partial charge in [-0.1, -0.05) is 6.07 Å². The van der Waals surface area contributed by atoms with Crippen molar-refractivity contribution in [1.29, 1.82) is 0 Å². The first kappa shape index (κ1) is 13.6. The number of hydrogen-bond donors (Lipinski definition) is 1. The van der Waals surface area contributed by atoms with Crippen molar-refractivity contribution in [3.8, 4) is 0 Å². The molecule has 6 heteroatoms. The van der Waals surface area contributed by atoms with Gasteiger partial charge >= 0.3 is 0 Å². The van der Waals surface area contributed by atoms with Gasteiger partial charge in [-0.05, 0) is 19.1 Å². The molecule has 5 nitrogen and oxygen atoms in total. The number of aliphatic hydroxyl groups excluding tert-OH is 1. The van der Waals surface area contributed by atoms with Gasteiger partial charge in [0.25, 0.3) is 5.56 Å². The van der Waals surface area contributed by atoms with Gasteiger partial charge in [-0.15, -0.1) is 0 Å². The summed E-state index contributed by atoms with van der Waals surface area (Å²) in [5.74, 6) is -0.608. The average molecular weight is 266 g/mol. The van der Waals surface area contributed by atoms with Crippen molar-refractivity contribution in [2.24, 2.45) is 0 Å². The minimum atomic E-state index is -0.830. The fourth-order valence-electron chi connectivity index (χ4n) is 1.82. The molecule has 0 bridgehead atoms. The summed E-state index contributed by atoms with van der Waals surface area (Å²) in [4.78, 5) is 16.1. The van der Waals surface area contributed by atoms with Gasteiger partial charge in [0, 0.05) is 6.61 Å². The zero-order chi connectivity index (χ0) is 13.8. The Morgan fingerprint density at radius 1 is 1.53 bits per heavy atom. The highest BCUT2D eigenvalue weighted by Crippen LogP contribution is 2.10. The maximum Gasteiger partial charge on any atom is 0.264 e. The first-order valence-corrected chi connectivity index (χ1v) is 6.03. The molecule has 1 heterocycles. The largest absolute Gasteiger partial charge is 0.389 e. The molecule has 0 aliphatic rings. The third-order valence-corrected chi connectivity index (χ3v) is 2.72. The second-order valence-electron chi connectivity index (χ2n) is 4.15. The lowest BCUT2D eigenvalue weighted by Crippen LogP contribution is -2.30. The molecule has 1 aromatic carbocycles. The van der Waals surface area contributed by atoms with Crippen molar-refractivity contribution in [3.05, 3.63) is 40.7 Å². The summed E-state index contributed by atoms with van der Waals surface area (Å²) in [5.41, 5.74) is -0.195. The van der Waals surface area contributed by atoms with E-state index in [1.165, 1.54) is 23.0 Å². The van der Waals surface area contributed by atoms with Gasteiger partial charge < -0.3 is 9.84 Å². The Labute approximate surface area is 109 Å². The van der Waals surface area contributed by atoms with Crippen LogP contribution < -0.4 is 5.56 Å². The van der Waals surface area contributed by atoms with E-state index in [1.807, 2.05) is 6.92 Å². The molecule has 0 fully saturated rings. The topological polar surface area (TPSA) is 64.3 Å². The van der Waals surface area contributed by atoms with E-state index >= 15 is 0 Å². The van der Waals surface area contributed by atoms with Gasteiger partial charge in [0.1, 0.15) is 11.2 Å². The Hall–Kier alpha value is -1.79. The molecule has 0 saturated heterocycles. The molecule has 0 amide bonds. The van der Waals surface area contributed by atoms with E-state index < -0.39 is 17.5 Å². The highest BCUT2D eigenvalue weighted by molar-refractivity contribution is 5.77. The predicted octanol–water partition coefficient (Wildman–Crippen LogP) is 0.933. The van der Waals surface area contributed by atoms with Crippen molar-refractivity contribution in [1.82, 2.24) is 9.55 Å². The molecule has 0 aliphatic carbocycles. The predicted molar refractivity (Wildman–Crippen MR) is 68.5 cm³/mol. The fraction of sp³-hybridized carbons (Fsp3) is 0.385. The number of hydrogen-bond acceptors (Lipinski definition) is 4. The number of aliphatic hydroxyl groups is 1. The number of halogens is 1. The van der Waals surface area contributed by atoms with E-state index in [0.29, 0.717) is 12.1 Å². The van der Waals surface area contributed by atoms with Crippen LogP contribution in [-0.2, 0) is 11.3 Å². The van der Waals surface area contributed by atoms with Crippen LogP contribution in [0.25, 0.3) is 10.9 Å². The summed E-state index contributed by atoms with van der Waals surface area (Å²) in [6, 6.07) is 4.28. The quantitative estimate of drug-likeness (QED) is 0.874. The maximum atomic E-state index is 13.6. The van der Waals surface area contributed by atoms with Crippen LogP contribution in [0.15, 0.2) is 29.3 Å². The van der Waals surface area contributed by atoms with Crippen LogP contribution in [-0.4, -0.2) is 34.0 Å². The van der Waals surface area contributed by atoms with Crippen LogP contribution in [0.4, 0.5) is 4.39 Å². The minimum Gasteiger partial charge on any atom is -0.389 e. The lowest BCUT2D eigenvalue weighted by atomic mass is 10.2. The second-order valence-corrected chi connectivity index (χ2v) is 4.15. The molecule has 1 N–H and O–H groups in total. The van der Waals surface area contributed by atoms with Crippen LogP contribution >= 0.6 is 0 Å². The van der Waals surface area contributed by atoms with Gasteiger partial charge in [0.05, 0.1) is 31.1 Å². The number of nitrogens with zero attached hydrogens (tertiary/aromatic N) is 2. The third kappa shape index (κ3) is 2.97. The van der Waals surface area contributed by atoms with Crippen molar-refractivity contribution in [2.45, 2.75) is 19.6 Å². The molecule has 0 spiro atoms. The minimum absolute atomic E-state index is 0.0239. The Kier molecular flexibility index (Phi) is 4.24. The Balaban J connectivity index is 2.33. The highest BCUT2D eigenvalue weighted by Gasteiger charge is 2.11. The molecule has 1 aromatic heterocycles. The second kappa shape index (κ2) is 5.90. The van der Waals surface area contributed by atoms with Crippen LogP contribution in [0.1, 0.15) is 6.92 Å². The van der Waals surface area contributed by atoms with E-state index in [0.717, 1.165) is 0 Å². The van der Waals surface area contributed by atoms with Gasteiger partial charge in [-0.2, -0.15) is 0 Å². The summed E-state index contributed by atoms with van der Waals surface area (Å²) in [5, 5.41) is 9.63. The van der Waals surface area contributed by atoms with E-state index in [-0.39, 0.29) is 18.5 Å². The molecule has 0 aliphatic heterocycles. The number of benzene rings is 1. The van der Waals surface area contributed by atoms with Gasteiger partial charge in [0.2, 0.25) is 0 Å². The first-order chi connectivity index (χ1) is 9.13. The lowest BCUT2D eigenvalue weighted by molar-refractivity contribution is 0.0329. The molecular weight excluding hydrogens is 251 g/mol. The monoisotopic (exact) mass is 266 g/mol. The third-order valence-electron chi connectivity index (χ3n) is 2.72. The van der Waals surface area contributed by atoms with Crippen LogP contribution in [0, 0.1) is 5.82 Å². The zero-order valence-electron chi connectivity index (χ0n) is 10.5. The number of fused-ring (bicyclic) bond motifs is 1. The molecule has 0 radical (unpaired) electrons. The molecule has 19 heavy (non-hydrogen) atoms. The molecular formula is C13H15FN2O3. The number of aromatic nitrogens is 2. The number of ether oxygens (including phenoxy) is 1. The summed E-state index contributed by atoms with van der Waals surface area (Å²) in [6.45, 7) is 2.44. The average Bonchev–Trinajstić information content (AvgIpc) is 2.40. The van der Waals surface area contributed by atoms with Gasteiger partial charge in [-0.25, -0.2) is 9.37 Å². The Morgan fingerprint density at radius 3 is 3.05 bits per heavy atom. The number of rotatable bonds is 5. The van der Waals surface area contributed by atoms with Crippen LogP contribution in [0.5, 0.6) is 0 Å². The van der Waals surface area contributed by atoms with Crippen LogP contribution in [0.2, 0.25) is 0 Å². The maximum absolute atomic E-state index is 13.6. The van der Waals surface area contributed by atoms with Gasteiger partial charge in [-0.3, -0.25) is 9.36 Å². The first-order valence-electron chi connectivity index (χ1n) is 6.03. The molecule has 2 aromatic rings. The molecule has 0 saturated carbocycles. The Morgan fingerprint density at radius 2 is 2.32 bits per heavy atom. The van der Waals surface area contributed by atoms with Crippen molar-refractivity contribution in [2.75, 3.05) is 13.2 Å². The van der Waals surface area contributed by atoms with Crippen molar-refractivity contribution in [3.63, 3.8) is 0 Å². The fourth-order valence-corrected chi connectivity index (χ4v) is 1.82. The molecule has 2 rings (SSSR count). The molecule has 102 valence electrons. The van der Waals surface area contributed by atoms with Gasteiger partial charge in [0.15, 0.2) is 0 Å². The van der Waals surface area contributed by atoms with E-state index in [9.17, 15) is 14.3 Å². The SMILES string of the molecule is CCOCC(O)Cn1cnc2cccc(F)c2c1=O. The zero-order valence-corrected chi connectivity index (χ0v) is 10.5. The highest BCUT2D eigenvalue weighted by atomic mass is 19.1. The summed E-state index contributed by atoms with van der Waals surface area (Å²) >= 11 is 0. The molecule has 1 atom stereocenters. The van der Waals surface area contributed by atoms with E-state index in [1.54, 1.807) is 6.07 Å².